The second-order valence-corrected chi connectivity index (χ2v) is 6.93. The van der Waals surface area contributed by atoms with Gasteiger partial charge in [0, 0.05) is 11.4 Å². The minimum Gasteiger partial charge on any atom is -0.481 e. The van der Waals surface area contributed by atoms with E-state index in [-0.39, 0.29) is 18.0 Å². The molecule has 0 radical (unpaired) electrons. The van der Waals surface area contributed by atoms with E-state index in [9.17, 15) is 14.4 Å². The minimum absolute atomic E-state index is 0.226. The SMILES string of the molecule is CC(NC(=O)C1CCC1C(=O)O)c1ccc(NC(=O)Nc2ccccc2)cc1. The van der Waals surface area contributed by atoms with Gasteiger partial charge in [-0.3, -0.25) is 9.59 Å². The Bertz CT molecular complexity index is 852. The number of hydrogen-bond acceptors (Lipinski definition) is 3. The van der Waals surface area contributed by atoms with E-state index in [1.165, 1.54) is 0 Å². The van der Waals surface area contributed by atoms with Crippen molar-refractivity contribution >= 4 is 29.3 Å². The van der Waals surface area contributed by atoms with Gasteiger partial charge in [-0.05, 0) is 49.6 Å². The Morgan fingerprint density at radius 2 is 1.46 bits per heavy atom. The third-order valence-electron chi connectivity index (χ3n) is 4.99. The zero-order valence-electron chi connectivity index (χ0n) is 15.5. The maximum atomic E-state index is 12.3. The molecule has 0 bridgehead atoms. The number of hydrogen-bond donors (Lipinski definition) is 4. The zero-order valence-corrected chi connectivity index (χ0v) is 15.5. The highest BCUT2D eigenvalue weighted by Gasteiger charge is 2.41. The van der Waals surface area contributed by atoms with Crippen molar-refractivity contribution in [3.05, 3.63) is 60.2 Å². The Labute approximate surface area is 163 Å². The summed E-state index contributed by atoms with van der Waals surface area (Å²) in [5.74, 6) is -2.18. The van der Waals surface area contributed by atoms with Gasteiger partial charge in [-0.2, -0.15) is 0 Å². The number of para-hydroxylation sites is 1. The number of rotatable bonds is 6. The summed E-state index contributed by atoms with van der Waals surface area (Å²) in [6.07, 6.45) is 1.15. The quantitative estimate of drug-likeness (QED) is 0.613. The van der Waals surface area contributed by atoms with Crippen LogP contribution in [0.25, 0.3) is 0 Å². The molecule has 3 unspecified atom stereocenters. The molecule has 7 heteroatoms. The molecule has 1 saturated carbocycles. The summed E-state index contributed by atoms with van der Waals surface area (Å²) in [6, 6.07) is 15.7. The number of nitrogens with one attached hydrogen (secondary N) is 3. The fourth-order valence-corrected chi connectivity index (χ4v) is 3.18. The summed E-state index contributed by atoms with van der Waals surface area (Å²) >= 11 is 0. The number of anilines is 2. The van der Waals surface area contributed by atoms with Crippen LogP contribution in [-0.2, 0) is 9.59 Å². The van der Waals surface area contributed by atoms with E-state index >= 15 is 0 Å². The van der Waals surface area contributed by atoms with Crippen LogP contribution in [0.4, 0.5) is 16.2 Å². The Morgan fingerprint density at radius 1 is 0.893 bits per heavy atom. The molecule has 1 fully saturated rings. The van der Waals surface area contributed by atoms with Crippen molar-refractivity contribution in [3.63, 3.8) is 0 Å². The predicted octanol–water partition coefficient (Wildman–Crippen LogP) is 3.62. The average Bonchev–Trinajstić information content (AvgIpc) is 2.61. The fraction of sp³-hybridized carbons (Fsp3) is 0.286. The van der Waals surface area contributed by atoms with Crippen molar-refractivity contribution in [2.75, 3.05) is 10.6 Å². The standard InChI is InChI=1S/C21H23N3O4/c1-13(22-19(25)17-11-12-18(17)20(26)27)14-7-9-16(10-8-14)24-21(28)23-15-5-3-2-4-6-15/h2-10,13,17-18H,11-12H2,1H3,(H,22,25)(H,26,27)(H2,23,24,28). The number of carboxylic acids is 1. The molecule has 0 aliphatic heterocycles. The molecule has 0 aromatic heterocycles. The van der Waals surface area contributed by atoms with Crippen LogP contribution in [0.5, 0.6) is 0 Å². The van der Waals surface area contributed by atoms with Crippen LogP contribution in [-0.4, -0.2) is 23.0 Å². The maximum Gasteiger partial charge on any atom is 0.323 e. The van der Waals surface area contributed by atoms with Crippen molar-refractivity contribution in [1.82, 2.24) is 5.32 Å². The van der Waals surface area contributed by atoms with E-state index in [1.54, 1.807) is 24.3 Å². The zero-order chi connectivity index (χ0) is 20.1. The fourth-order valence-electron chi connectivity index (χ4n) is 3.18. The Kier molecular flexibility index (Phi) is 5.93. The predicted molar refractivity (Wildman–Crippen MR) is 106 cm³/mol. The molecular weight excluding hydrogens is 358 g/mol. The molecule has 0 saturated heterocycles. The highest BCUT2D eigenvalue weighted by atomic mass is 16.4. The number of benzene rings is 2. The normalized spacial score (nSPS) is 19.0. The number of carbonyl (C=O) groups is 3. The summed E-state index contributed by atoms with van der Waals surface area (Å²) < 4.78 is 0. The lowest BCUT2D eigenvalue weighted by Gasteiger charge is -2.33. The van der Waals surface area contributed by atoms with E-state index in [4.69, 9.17) is 5.11 Å². The molecule has 4 N–H and O–H groups in total. The van der Waals surface area contributed by atoms with Crippen LogP contribution in [0.3, 0.4) is 0 Å². The molecule has 0 heterocycles. The van der Waals surface area contributed by atoms with Crippen LogP contribution in [0.1, 0.15) is 31.4 Å². The molecule has 28 heavy (non-hydrogen) atoms. The summed E-state index contributed by atoms with van der Waals surface area (Å²) in [4.78, 5) is 35.4. The van der Waals surface area contributed by atoms with E-state index in [0.29, 0.717) is 24.2 Å². The van der Waals surface area contributed by atoms with Gasteiger partial charge < -0.3 is 21.1 Å². The summed E-state index contributed by atoms with van der Waals surface area (Å²) in [7, 11) is 0. The van der Waals surface area contributed by atoms with Gasteiger partial charge in [-0.1, -0.05) is 30.3 Å². The Morgan fingerprint density at radius 3 is 2.00 bits per heavy atom. The maximum absolute atomic E-state index is 12.3. The molecular formula is C21H23N3O4. The number of carboxylic acid groups (broad SMARTS) is 1. The van der Waals surface area contributed by atoms with Gasteiger partial charge in [0.1, 0.15) is 0 Å². The second-order valence-electron chi connectivity index (χ2n) is 6.93. The van der Waals surface area contributed by atoms with Gasteiger partial charge in [0.25, 0.3) is 0 Å². The molecule has 3 amide bonds. The molecule has 3 rings (SSSR count). The van der Waals surface area contributed by atoms with Crippen molar-refractivity contribution in [2.45, 2.75) is 25.8 Å². The number of carbonyl (C=O) groups excluding carboxylic acids is 2. The first-order valence-corrected chi connectivity index (χ1v) is 9.20. The lowest BCUT2D eigenvalue weighted by atomic mass is 9.73. The van der Waals surface area contributed by atoms with Crippen molar-refractivity contribution in [1.29, 1.82) is 0 Å². The average molecular weight is 381 g/mol. The van der Waals surface area contributed by atoms with Gasteiger partial charge in [-0.15, -0.1) is 0 Å². The topological polar surface area (TPSA) is 108 Å². The monoisotopic (exact) mass is 381 g/mol. The van der Waals surface area contributed by atoms with E-state index in [0.717, 1.165) is 5.56 Å². The first-order valence-electron chi connectivity index (χ1n) is 9.20. The Hall–Kier alpha value is -3.35. The smallest absolute Gasteiger partial charge is 0.323 e. The molecule has 7 nitrogen and oxygen atoms in total. The molecule has 1 aliphatic carbocycles. The van der Waals surface area contributed by atoms with Gasteiger partial charge in [-0.25, -0.2) is 4.79 Å². The van der Waals surface area contributed by atoms with E-state index in [1.807, 2.05) is 37.3 Å². The summed E-state index contributed by atoms with van der Waals surface area (Å²) in [6.45, 7) is 1.84. The highest BCUT2D eigenvalue weighted by molar-refractivity contribution is 5.99. The van der Waals surface area contributed by atoms with Gasteiger partial charge in [0.15, 0.2) is 0 Å². The van der Waals surface area contributed by atoms with Gasteiger partial charge >= 0.3 is 12.0 Å². The lowest BCUT2D eigenvalue weighted by Crippen LogP contribution is -2.44. The summed E-state index contributed by atoms with van der Waals surface area (Å²) in [5.41, 5.74) is 2.19. The molecule has 2 aromatic carbocycles. The first-order chi connectivity index (χ1) is 13.4. The largest absolute Gasteiger partial charge is 0.481 e. The molecule has 3 atom stereocenters. The van der Waals surface area contributed by atoms with Crippen molar-refractivity contribution in [3.8, 4) is 0 Å². The van der Waals surface area contributed by atoms with Crippen molar-refractivity contribution < 1.29 is 19.5 Å². The molecule has 2 aromatic rings. The minimum atomic E-state index is -0.914. The summed E-state index contributed by atoms with van der Waals surface area (Å²) in [5, 5.41) is 17.4. The van der Waals surface area contributed by atoms with Crippen LogP contribution in [0, 0.1) is 11.8 Å². The van der Waals surface area contributed by atoms with Crippen molar-refractivity contribution in [2.24, 2.45) is 11.8 Å². The molecule has 1 aliphatic rings. The van der Waals surface area contributed by atoms with Crippen LogP contribution < -0.4 is 16.0 Å². The van der Waals surface area contributed by atoms with Gasteiger partial charge in [0.2, 0.25) is 5.91 Å². The molecule has 0 spiro atoms. The van der Waals surface area contributed by atoms with E-state index < -0.39 is 17.8 Å². The van der Waals surface area contributed by atoms with E-state index in [2.05, 4.69) is 16.0 Å². The van der Waals surface area contributed by atoms with Crippen LogP contribution >= 0.6 is 0 Å². The third-order valence-corrected chi connectivity index (χ3v) is 4.99. The number of urea groups is 1. The third kappa shape index (κ3) is 4.68. The van der Waals surface area contributed by atoms with Gasteiger partial charge in [0.05, 0.1) is 17.9 Å². The highest BCUT2D eigenvalue weighted by Crippen LogP contribution is 2.35. The Balaban J connectivity index is 1.52. The second kappa shape index (κ2) is 8.56. The van der Waals surface area contributed by atoms with Crippen LogP contribution in [0.2, 0.25) is 0 Å². The van der Waals surface area contributed by atoms with Crippen LogP contribution in [0.15, 0.2) is 54.6 Å². The lowest BCUT2D eigenvalue weighted by molar-refractivity contribution is -0.152. The number of amides is 3. The first kappa shape index (κ1) is 19.4. The molecule has 146 valence electrons. The number of aliphatic carboxylic acids is 1.